The monoisotopic (exact) mass is 615 g/mol. The highest BCUT2D eigenvalue weighted by Crippen LogP contribution is 2.64. The summed E-state index contributed by atoms with van der Waals surface area (Å²) in [6, 6.07) is 11.4. The fourth-order valence-electron chi connectivity index (χ4n) is 7.89. The van der Waals surface area contributed by atoms with Crippen molar-refractivity contribution in [1.82, 2.24) is 4.90 Å². The number of benzene rings is 2. The average molecular weight is 616 g/mol. The Kier molecular flexibility index (Phi) is 8.97. The molecule has 5 rings (SSSR count). The minimum atomic E-state index is -1.23. The van der Waals surface area contributed by atoms with E-state index in [1.807, 2.05) is 70.2 Å². The molecule has 3 fully saturated rings. The van der Waals surface area contributed by atoms with Crippen LogP contribution in [0, 0.1) is 25.7 Å². The van der Waals surface area contributed by atoms with Gasteiger partial charge in [-0.15, -0.1) is 13.2 Å². The Balaban J connectivity index is 1.60. The van der Waals surface area contributed by atoms with E-state index in [-0.39, 0.29) is 37.4 Å². The van der Waals surface area contributed by atoms with Gasteiger partial charge >= 0.3 is 0 Å². The van der Waals surface area contributed by atoms with E-state index in [0.717, 1.165) is 16.8 Å². The molecule has 1 spiro atoms. The Hall–Kier alpha value is -3.95. The largest absolute Gasteiger partial charge is 0.494 e. The fourth-order valence-corrected chi connectivity index (χ4v) is 7.89. The van der Waals surface area contributed by atoms with Crippen LogP contribution in [0.5, 0.6) is 5.75 Å². The zero-order valence-corrected chi connectivity index (χ0v) is 27.0. The number of anilines is 2. The molecule has 0 aromatic heterocycles. The lowest BCUT2D eigenvalue weighted by molar-refractivity contribution is -0.147. The molecule has 3 aliphatic heterocycles. The lowest BCUT2D eigenvalue weighted by Gasteiger charge is -2.39. The maximum atomic E-state index is 14.9. The molecule has 2 bridgehead atoms. The zero-order chi connectivity index (χ0) is 32.7. The third kappa shape index (κ3) is 5.16. The van der Waals surface area contributed by atoms with Crippen LogP contribution in [0.4, 0.5) is 11.4 Å². The SMILES string of the molecule is C=CCN(C(=O)[C@H]1[C@H]2C(=O)N([C@H](C)CO)C(C(=O)N(CC=C)c3c(C)cccc3C)C23CC[C@]1(C)O3)c1ccc(OCC)cc1. The van der Waals surface area contributed by atoms with Gasteiger partial charge in [0.1, 0.15) is 17.4 Å². The van der Waals surface area contributed by atoms with Crippen molar-refractivity contribution >= 4 is 29.1 Å². The summed E-state index contributed by atoms with van der Waals surface area (Å²) in [4.78, 5) is 48.8. The molecule has 240 valence electrons. The van der Waals surface area contributed by atoms with Crippen molar-refractivity contribution in [3.8, 4) is 5.75 Å². The average Bonchev–Trinajstić information content (AvgIpc) is 3.59. The van der Waals surface area contributed by atoms with Gasteiger partial charge in [0, 0.05) is 24.5 Å². The topological polar surface area (TPSA) is 99.6 Å². The second-order valence-corrected chi connectivity index (χ2v) is 12.6. The minimum absolute atomic E-state index is 0.224. The molecule has 3 saturated heterocycles. The van der Waals surface area contributed by atoms with Crippen molar-refractivity contribution in [2.24, 2.45) is 11.8 Å². The second kappa shape index (κ2) is 12.4. The summed E-state index contributed by atoms with van der Waals surface area (Å²) in [5.74, 6) is -1.97. The number of aryl methyl sites for hydroxylation is 2. The van der Waals surface area contributed by atoms with Crippen molar-refractivity contribution in [1.29, 1.82) is 0 Å². The molecule has 3 heterocycles. The summed E-state index contributed by atoms with van der Waals surface area (Å²) in [6.07, 6.45) is 4.27. The number of likely N-dealkylation sites (tertiary alicyclic amines) is 1. The number of fused-ring (bicyclic) bond motifs is 1. The molecule has 0 saturated carbocycles. The molecule has 9 heteroatoms. The van der Waals surface area contributed by atoms with Gasteiger partial charge in [-0.05, 0) is 82.9 Å². The highest BCUT2D eigenvalue weighted by molar-refractivity contribution is 6.07. The van der Waals surface area contributed by atoms with Gasteiger partial charge in [0.2, 0.25) is 11.8 Å². The van der Waals surface area contributed by atoms with Crippen LogP contribution < -0.4 is 14.5 Å². The first kappa shape index (κ1) is 32.4. The molecule has 2 aromatic rings. The van der Waals surface area contributed by atoms with Crippen LogP contribution in [0.3, 0.4) is 0 Å². The van der Waals surface area contributed by atoms with Gasteiger partial charge < -0.3 is 29.3 Å². The summed E-state index contributed by atoms with van der Waals surface area (Å²) >= 11 is 0. The van der Waals surface area contributed by atoms with Crippen molar-refractivity contribution < 1.29 is 29.0 Å². The third-order valence-corrected chi connectivity index (χ3v) is 9.78. The van der Waals surface area contributed by atoms with E-state index >= 15 is 0 Å². The Labute approximate surface area is 266 Å². The van der Waals surface area contributed by atoms with Gasteiger partial charge in [-0.3, -0.25) is 14.4 Å². The number of ether oxygens (including phenoxy) is 2. The number of nitrogens with zero attached hydrogens (tertiary/aromatic N) is 3. The van der Waals surface area contributed by atoms with E-state index in [1.165, 1.54) is 4.90 Å². The number of aliphatic hydroxyl groups excluding tert-OH is 1. The smallest absolute Gasteiger partial charge is 0.253 e. The molecule has 45 heavy (non-hydrogen) atoms. The van der Waals surface area contributed by atoms with E-state index in [2.05, 4.69) is 13.2 Å². The third-order valence-electron chi connectivity index (χ3n) is 9.78. The maximum absolute atomic E-state index is 14.9. The number of rotatable bonds is 12. The highest BCUT2D eigenvalue weighted by Gasteiger charge is 2.78. The maximum Gasteiger partial charge on any atom is 0.253 e. The van der Waals surface area contributed by atoms with Gasteiger partial charge in [-0.25, -0.2) is 0 Å². The van der Waals surface area contributed by atoms with Crippen LogP contribution in [-0.4, -0.2) is 77.3 Å². The zero-order valence-electron chi connectivity index (χ0n) is 27.0. The number of carbonyl (C=O) groups excluding carboxylic acids is 3. The molecular weight excluding hydrogens is 570 g/mol. The first-order chi connectivity index (χ1) is 21.5. The van der Waals surface area contributed by atoms with Gasteiger partial charge in [0.25, 0.3) is 5.91 Å². The minimum Gasteiger partial charge on any atom is -0.494 e. The van der Waals surface area contributed by atoms with E-state index in [1.54, 1.807) is 28.9 Å². The molecular formula is C36H45N3O6. The van der Waals surface area contributed by atoms with Gasteiger partial charge in [0.15, 0.2) is 0 Å². The Morgan fingerprint density at radius 2 is 1.69 bits per heavy atom. The lowest BCUT2D eigenvalue weighted by atomic mass is 9.66. The molecule has 0 radical (unpaired) electrons. The van der Waals surface area contributed by atoms with Crippen molar-refractivity contribution in [3.63, 3.8) is 0 Å². The molecule has 0 aliphatic carbocycles. The Bertz CT molecular complexity index is 1470. The molecule has 3 aliphatic rings. The van der Waals surface area contributed by atoms with Crippen LogP contribution in [0.2, 0.25) is 0 Å². The second-order valence-electron chi connectivity index (χ2n) is 12.6. The number of amides is 3. The lowest BCUT2D eigenvalue weighted by Crippen LogP contribution is -2.58. The summed E-state index contributed by atoms with van der Waals surface area (Å²) in [7, 11) is 0. The van der Waals surface area contributed by atoms with Crippen molar-refractivity contribution in [3.05, 3.63) is 78.9 Å². The van der Waals surface area contributed by atoms with Crippen molar-refractivity contribution in [2.45, 2.75) is 70.7 Å². The van der Waals surface area contributed by atoms with E-state index < -0.39 is 35.1 Å². The van der Waals surface area contributed by atoms with Crippen molar-refractivity contribution in [2.75, 3.05) is 36.1 Å². The quantitative estimate of drug-likeness (QED) is 0.351. The van der Waals surface area contributed by atoms with Crippen LogP contribution in [0.25, 0.3) is 0 Å². The number of aliphatic hydroxyl groups is 1. The van der Waals surface area contributed by atoms with Gasteiger partial charge in [0.05, 0.1) is 36.7 Å². The summed E-state index contributed by atoms with van der Waals surface area (Å²) in [5.41, 5.74) is 1.04. The molecule has 2 unspecified atom stereocenters. The molecule has 3 amide bonds. The summed E-state index contributed by atoms with van der Waals surface area (Å²) in [5, 5.41) is 10.3. The summed E-state index contributed by atoms with van der Waals surface area (Å²) < 4.78 is 12.5. The van der Waals surface area contributed by atoms with Crippen LogP contribution >= 0.6 is 0 Å². The number of hydrogen-bond acceptors (Lipinski definition) is 6. The Morgan fingerprint density at radius 1 is 1.07 bits per heavy atom. The van der Waals surface area contributed by atoms with Crippen LogP contribution in [0.1, 0.15) is 44.7 Å². The van der Waals surface area contributed by atoms with Gasteiger partial charge in [-0.1, -0.05) is 30.4 Å². The van der Waals surface area contributed by atoms with E-state index in [0.29, 0.717) is 30.9 Å². The standard InChI is InChI=1S/C36H45N3O6/c1-8-20-37(26-14-16-27(17-15-26)44-10-3)32(41)28-29-33(42)39(25(6)22-40)31(36(29)19-18-35(28,7)45-36)34(43)38(21-9-2)30-23(4)12-11-13-24(30)5/h8-9,11-17,25,28-29,31,40H,1-2,10,18-22H2,3-7H3/t25-,28-,29+,31?,35+,36?/m1/s1. The predicted octanol–water partition coefficient (Wildman–Crippen LogP) is 4.59. The Morgan fingerprint density at radius 3 is 2.27 bits per heavy atom. The summed E-state index contributed by atoms with van der Waals surface area (Å²) in [6.45, 7) is 17.8. The van der Waals surface area contributed by atoms with Gasteiger partial charge in [-0.2, -0.15) is 0 Å². The van der Waals surface area contributed by atoms with E-state index in [9.17, 15) is 19.5 Å². The van der Waals surface area contributed by atoms with E-state index in [4.69, 9.17) is 9.47 Å². The number of para-hydroxylation sites is 1. The first-order valence-corrected chi connectivity index (χ1v) is 15.8. The van der Waals surface area contributed by atoms with Crippen LogP contribution in [0.15, 0.2) is 67.8 Å². The molecule has 9 nitrogen and oxygen atoms in total. The normalized spacial score (nSPS) is 27.2. The fraction of sp³-hybridized carbons (Fsp3) is 0.472. The first-order valence-electron chi connectivity index (χ1n) is 15.8. The highest BCUT2D eigenvalue weighted by atomic mass is 16.5. The molecule has 6 atom stereocenters. The number of carbonyl (C=O) groups is 3. The molecule has 2 aromatic carbocycles. The number of hydrogen-bond donors (Lipinski definition) is 1. The van der Waals surface area contributed by atoms with Crippen LogP contribution in [-0.2, 0) is 19.1 Å². The molecule has 1 N–H and O–H groups in total. The predicted molar refractivity (Wildman–Crippen MR) is 174 cm³/mol.